The topological polar surface area (TPSA) is 86.8 Å². The van der Waals surface area contributed by atoms with Gasteiger partial charge in [-0.05, 0) is 73.7 Å². The maximum Gasteiger partial charge on any atom is 0.264 e. The Morgan fingerprint density at radius 1 is 1.00 bits per heavy atom. The highest BCUT2D eigenvalue weighted by atomic mass is 35.5. The van der Waals surface area contributed by atoms with Crippen molar-refractivity contribution in [2.24, 2.45) is 0 Å². The summed E-state index contributed by atoms with van der Waals surface area (Å²) < 4.78 is 42.6. The molecule has 41 heavy (non-hydrogen) atoms. The lowest BCUT2D eigenvalue weighted by atomic mass is 10.1. The molecule has 0 unspecified atom stereocenters. The molecule has 2 amide bonds. The van der Waals surface area contributed by atoms with E-state index in [9.17, 15) is 22.4 Å². The number of hydrogen-bond acceptors (Lipinski definition) is 4. The zero-order chi connectivity index (χ0) is 29.6. The Morgan fingerprint density at radius 3 is 2.29 bits per heavy atom. The molecule has 1 atom stereocenters. The van der Waals surface area contributed by atoms with Crippen molar-refractivity contribution < 1.29 is 22.4 Å². The summed E-state index contributed by atoms with van der Waals surface area (Å²) in [5, 5.41) is 3.43. The normalized spacial score (nSPS) is 14.4. The number of anilines is 1. The zero-order valence-electron chi connectivity index (χ0n) is 23.2. The average molecular weight is 600 g/mol. The van der Waals surface area contributed by atoms with E-state index in [4.69, 9.17) is 11.6 Å². The largest absolute Gasteiger partial charge is 0.352 e. The highest BCUT2D eigenvalue weighted by molar-refractivity contribution is 7.92. The van der Waals surface area contributed by atoms with Crippen molar-refractivity contribution in [3.8, 4) is 0 Å². The van der Waals surface area contributed by atoms with Crippen LogP contribution >= 0.6 is 11.6 Å². The van der Waals surface area contributed by atoms with Gasteiger partial charge in [-0.1, -0.05) is 67.8 Å². The number of halogens is 2. The van der Waals surface area contributed by atoms with Gasteiger partial charge in [0.1, 0.15) is 18.4 Å². The van der Waals surface area contributed by atoms with Crippen LogP contribution in [0.4, 0.5) is 10.1 Å². The first-order valence-corrected chi connectivity index (χ1v) is 15.6. The number of amides is 2. The van der Waals surface area contributed by atoms with Crippen molar-refractivity contribution in [2.45, 2.75) is 69.5 Å². The van der Waals surface area contributed by atoms with E-state index in [1.165, 1.54) is 29.2 Å². The smallest absolute Gasteiger partial charge is 0.264 e. The van der Waals surface area contributed by atoms with Crippen molar-refractivity contribution in [1.29, 1.82) is 0 Å². The molecule has 3 aromatic carbocycles. The molecule has 0 bridgehead atoms. The summed E-state index contributed by atoms with van der Waals surface area (Å²) in [6.07, 6.45) is 4.14. The molecular formula is C31H35ClFN3O4S. The summed E-state index contributed by atoms with van der Waals surface area (Å²) in [6.45, 7) is 2.94. The molecule has 4 rings (SSSR count). The lowest BCUT2D eigenvalue weighted by Crippen LogP contribution is -2.53. The third kappa shape index (κ3) is 7.26. The summed E-state index contributed by atoms with van der Waals surface area (Å²) in [5.41, 5.74) is 1.38. The molecule has 0 aliphatic heterocycles. The summed E-state index contributed by atoms with van der Waals surface area (Å²) >= 11 is 6.37. The van der Waals surface area contributed by atoms with E-state index in [1.54, 1.807) is 55.5 Å². The number of benzene rings is 3. The molecule has 3 aromatic rings. The molecule has 10 heteroatoms. The fraction of sp³-hybridized carbons (Fsp3) is 0.355. The van der Waals surface area contributed by atoms with Crippen molar-refractivity contribution in [2.75, 3.05) is 10.8 Å². The number of carbonyl (C=O) groups excluding carboxylic acids is 2. The first kappa shape index (κ1) is 30.5. The standard InChI is InChI=1S/C31H35ClFN3O4S/c1-3-28(31(38)34-25-10-7-8-11-25)35(20-23-16-18-24(33)19-17-23)30(37)21-36(29-15-9-14-27(32)22(29)2)41(39,40)26-12-5-4-6-13-26/h4-6,9,12-19,25,28H,3,7-8,10-11,20-21H2,1-2H3,(H,34,38)/t28-/m0/s1. The summed E-state index contributed by atoms with van der Waals surface area (Å²) in [4.78, 5) is 29.0. The first-order valence-electron chi connectivity index (χ1n) is 13.8. The predicted molar refractivity (Wildman–Crippen MR) is 159 cm³/mol. The highest BCUT2D eigenvalue weighted by Gasteiger charge is 2.35. The van der Waals surface area contributed by atoms with Gasteiger partial charge in [-0.25, -0.2) is 12.8 Å². The molecule has 0 aromatic heterocycles. The van der Waals surface area contributed by atoms with Gasteiger partial charge in [-0.3, -0.25) is 13.9 Å². The Labute approximate surface area is 246 Å². The molecule has 1 N–H and O–H groups in total. The molecular weight excluding hydrogens is 565 g/mol. The number of rotatable bonds is 11. The summed E-state index contributed by atoms with van der Waals surface area (Å²) in [5.74, 6) is -1.28. The second-order valence-electron chi connectivity index (χ2n) is 10.3. The number of nitrogens with zero attached hydrogens (tertiary/aromatic N) is 2. The molecule has 1 aliphatic rings. The minimum absolute atomic E-state index is 0.00343. The van der Waals surface area contributed by atoms with Crippen molar-refractivity contribution in [1.82, 2.24) is 10.2 Å². The van der Waals surface area contributed by atoms with Crippen LogP contribution in [0.5, 0.6) is 0 Å². The summed E-state index contributed by atoms with van der Waals surface area (Å²) in [6, 6.07) is 17.6. The Hall–Kier alpha value is -3.43. The fourth-order valence-corrected chi connectivity index (χ4v) is 6.84. The van der Waals surface area contributed by atoms with Crippen LogP contribution in [-0.4, -0.2) is 43.8 Å². The first-order chi connectivity index (χ1) is 19.6. The second-order valence-corrected chi connectivity index (χ2v) is 12.5. The van der Waals surface area contributed by atoms with Crippen LogP contribution in [-0.2, 0) is 26.2 Å². The monoisotopic (exact) mass is 599 g/mol. The summed E-state index contributed by atoms with van der Waals surface area (Å²) in [7, 11) is -4.19. The van der Waals surface area contributed by atoms with Crippen molar-refractivity contribution >= 4 is 39.1 Å². The molecule has 7 nitrogen and oxygen atoms in total. The minimum Gasteiger partial charge on any atom is -0.352 e. The maximum atomic E-state index is 14.1. The van der Waals surface area contributed by atoms with Gasteiger partial charge in [-0.15, -0.1) is 0 Å². The highest BCUT2D eigenvalue weighted by Crippen LogP contribution is 2.31. The van der Waals surface area contributed by atoms with E-state index in [1.807, 2.05) is 6.92 Å². The minimum atomic E-state index is -4.19. The fourth-order valence-electron chi connectivity index (χ4n) is 5.17. The number of nitrogens with one attached hydrogen (secondary N) is 1. The number of carbonyl (C=O) groups is 2. The van der Waals surface area contributed by atoms with E-state index >= 15 is 0 Å². The Kier molecular flexibility index (Phi) is 10.0. The van der Waals surface area contributed by atoms with Gasteiger partial charge in [0.2, 0.25) is 11.8 Å². The van der Waals surface area contributed by atoms with Gasteiger partial charge < -0.3 is 10.2 Å². The zero-order valence-corrected chi connectivity index (χ0v) is 24.8. The van der Waals surface area contributed by atoms with E-state index < -0.39 is 34.3 Å². The van der Waals surface area contributed by atoms with Crippen molar-refractivity contribution in [3.05, 3.63) is 94.8 Å². The number of hydrogen-bond donors (Lipinski definition) is 1. The van der Waals surface area contributed by atoms with Gasteiger partial charge in [-0.2, -0.15) is 0 Å². The predicted octanol–water partition coefficient (Wildman–Crippen LogP) is 5.85. The molecule has 0 saturated heterocycles. The van der Waals surface area contributed by atoms with Gasteiger partial charge in [0, 0.05) is 17.6 Å². The lowest BCUT2D eigenvalue weighted by molar-refractivity contribution is -0.140. The molecule has 218 valence electrons. The van der Waals surface area contributed by atoms with Gasteiger partial charge >= 0.3 is 0 Å². The van der Waals surface area contributed by atoms with Gasteiger partial charge in [0.05, 0.1) is 10.6 Å². The van der Waals surface area contributed by atoms with Crippen molar-refractivity contribution in [3.63, 3.8) is 0 Å². The third-order valence-electron chi connectivity index (χ3n) is 7.47. The molecule has 0 spiro atoms. The van der Waals surface area contributed by atoms with E-state index in [-0.39, 0.29) is 29.1 Å². The molecule has 1 fully saturated rings. The molecule has 0 radical (unpaired) electrons. The van der Waals surface area contributed by atoms with Crippen LogP contribution in [0.25, 0.3) is 0 Å². The Morgan fingerprint density at radius 2 is 1.66 bits per heavy atom. The van der Waals surface area contributed by atoms with Crippen LogP contribution in [0.1, 0.15) is 50.2 Å². The SMILES string of the molecule is CC[C@@H](C(=O)NC1CCCC1)N(Cc1ccc(F)cc1)C(=O)CN(c1cccc(Cl)c1C)S(=O)(=O)c1ccccc1. The quantitative estimate of drug-likeness (QED) is 0.300. The van der Waals surface area contributed by atoms with Crippen LogP contribution in [0.15, 0.2) is 77.7 Å². The molecule has 0 heterocycles. The second kappa shape index (κ2) is 13.5. The van der Waals surface area contributed by atoms with E-state index in [2.05, 4.69) is 5.32 Å². The van der Waals surface area contributed by atoms with Gasteiger partial charge in [0.15, 0.2) is 0 Å². The van der Waals surface area contributed by atoms with E-state index in [0.717, 1.165) is 30.0 Å². The van der Waals surface area contributed by atoms with E-state index in [0.29, 0.717) is 22.6 Å². The molecule has 1 saturated carbocycles. The average Bonchev–Trinajstić information content (AvgIpc) is 3.47. The van der Waals surface area contributed by atoms with Crippen LogP contribution in [0.2, 0.25) is 5.02 Å². The third-order valence-corrected chi connectivity index (χ3v) is 9.65. The number of sulfonamides is 1. The Balaban J connectivity index is 1.73. The van der Waals surface area contributed by atoms with Crippen LogP contribution < -0.4 is 9.62 Å². The Bertz CT molecular complexity index is 1460. The maximum absolute atomic E-state index is 14.1. The molecule has 1 aliphatic carbocycles. The van der Waals surface area contributed by atoms with Gasteiger partial charge in [0.25, 0.3) is 10.0 Å². The van der Waals surface area contributed by atoms with Crippen LogP contribution in [0.3, 0.4) is 0 Å². The lowest BCUT2D eigenvalue weighted by Gasteiger charge is -2.34. The van der Waals surface area contributed by atoms with Crippen LogP contribution in [0, 0.1) is 12.7 Å².